The van der Waals surface area contributed by atoms with Gasteiger partial charge in [-0.25, -0.2) is 0 Å². The van der Waals surface area contributed by atoms with E-state index in [1.54, 1.807) is 18.2 Å². The van der Waals surface area contributed by atoms with Crippen LogP contribution in [0.15, 0.2) is 35.9 Å². The largest absolute Gasteiger partial charge is 0.427 e. The van der Waals surface area contributed by atoms with Gasteiger partial charge in [-0.05, 0) is 38.5 Å². The first kappa shape index (κ1) is 18.4. The Kier molecular flexibility index (Phi) is 7.53. The highest BCUT2D eigenvalue weighted by Crippen LogP contribution is 2.13. The summed E-state index contributed by atoms with van der Waals surface area (Å²) >= 11 is 0. The van der Waals surface area contributed by atoms with E-state index in [4.69, 9.17) is 4.74 Å². The molecule has 0 aromatic heterocycles. The molecule has 6 nitrogen and oxygen atoms in total. The second-order valence-corrected chi connectivity index (χ2v) is 5.24. The Bertz CT molecular complexity index is 604. The average molecular weight is 318 g/mol. The molecular formula is C17H22N2O4. The van der Waals surface area contributed by atoms with Crippen LogP contribution in [0, 0.1) is 0 Å². The zero-order valence-electron chi connectivity index (χ0n) is 13.6. The van der Waals surface area contributed by atoms with Gasteiger partial charge < -0.3 is 15.4 Å². The van der Waals surface area contributed by atoms with Crippen LogP contribution in [-0.4, -0.2) is 30.9 Å². The van der Waals surface area contributed by atoms with Crippen molar-refractivity contribution in [3.05, 3.63) is 41.5 Å². The van der Waals surface area contributed by atoms with Gasteiger partial charge in [-0.3, -0.25) is 14.4 Å². The zero-order chi connectivity index (χ0) is 17.2. The third-order valence-electron chi connectivity index (χ3n) is 2.72. The summed E-state index contributed by atoms with van der Waals surface area (Å²) in [5.74, 6) is -0.492. The van der Waals surface area contributed by atoms with Crippen molar-refractivity contribution in [1.29, 1.82) is 0 Å². The smallest absolute Gasteiger partial charge is 0.308 e. The van der Waals surface area contributed by atoms with E-state index in [2.05, 4.69) is 10.6 Å². The van der Waals surface area contributed by atoms with Crippen LogP contribution in [0.1, 0.15) is 37.6 Å². The summed E-state index contributed by atoms with van der Waals surface area (Å²) in [5, 5.41) is 5.48. The fourth-order valence-corrected chi connectivity index (χ4v) is 1.78. The highest BCUT2D eigenvalue weighted by Gasteiger charge is 2.07. The van der Waals surface area contributed by atoms with E-state index in [1.807, 2.05) is 13.8 Å². The molecule has 0 radical (unpaired) electrons. The molecule has 2 N–H and O–H groups in total. The first-order valence-electron chi connectivity index (χ1n) is 7.38. The zero-order valence-corrected chi connectivity index (χ0v) is 13.6. The number of nitrogens with one attached hydrogen (secondary N) is 2. The number of allylic oxidation sites excluding steroid dienone is 1. The summed E-state index contributed by atoms with van der Waals surface area (Å²) < 4.78 is 4.93. The van der Waals surface area contributed by atoms with Crippen LogP contribution in [0.4, 0.5) is 0 Å². The predicted octanol–water partition coefficient (Wildman–Crippen LogP) is 1.81. The summed E-state index contributed by atoms with van der Waals surface area (Å²) in [4.78, 5) is 34.3. The second-order valence-electron chi connectivity index (χ2n) is 5.24. The van der Waals surface area contributed by atoms with Crippen molar-refractivity contribution in [2.45, 2.75) is 27.2 Å². The molecule has 1 aromatic carbocycles. The molecule has 0 atom stereocenters. The molecule has 124 valence electrons. The van der Waals surface area contributed by atoms with E-state index in [9.17, 15) is 14.4 Å². The number of carbonyl (C=O) groups is 3. The summed E-state index contributed by atoms with van der Waals surface area (Å²) in [7, 11) is 0. The number of ether oxygens (including phenoxy) is 1. The Labute approximate surface area is 135 Å². The molecule has 1 aromatic rings. The first-order valence-corrected chi connectivity index (χ1v) is 7.38. The number of carbonyl (C=O) groups excluding carboxylic acids is 3. The number of hydrogen-bond donors (Lipinski definition) is 2. The normalized spacial score (nSPS) is 9.70. The van der Waals surface area contributed by atoms with Crippen LogP contribution in [0.3, 0.4) is 0 Å². The molecule has 23 heavy (non-hydrogen) atoms. The van der Waals surface area contributed by atoms with Gasteiger partial charge in [-0.2, -0.15) is 0 Å². The van der Waals surface area contributed by atoms with Gasteiger partial charge in [0.05, 0.1) is 0 Å². The Balaban J connectivity index is 2.35. The fraction of sp³-hybridized carbons (Fsp3) is 0.353. The van der Waals surface area contributed by atoms with Crippen molar-refractivity contribution >= 4 is 17.8 Å². The van der Waals surface area contributed by atoms with Crippen LogP contribution in [-0.2, 0) is 9.59 Å². The minimum atomic E-state index is -0.435. The summed E-state index contributed by atoms with van der Waals surface area (Å²) in [5.41, 5.74) is 1.35. The van der Waals surface area contributed by atoms with Crippen molar-refractivity contribution < 1.29 is 19.1 Å². The lowest BCUT2D eigenvalue weighted by atomic mass is 10.2. The van der Waals surface area contributed by atoms with Crippen molar-refractivity contribution in [2.24, 2.45) is 0 Å². The van der Waals surface area contributed by atoms with Crippen molar-refractivity contribution in [2.75, 3.05) is 13.1 Å². The number of rotatable bonds is 7. The van der Waals surface area contributed by atoms with Crippen molar-refractivity contribution in [1.82, 2.24) is 10.6 Å². The van der Waals surface area contributed by atoms with E-state index in [0.29, 0.717) is 30.8 Å². The Morgan fingerprint density at radius 1 is 1.09 bits per heavy atom. The minimum Gasteiger partial charge on any atom is -0.427 e. The van der Waals surface area contributed by atoms with E-state index >= 15 is 0 Å². The molecule has 0 aliphatic heterocycles. The molecular weight excluding hydrogens is 296 g/mol. The quantitative estimate of drug-likeness (QED) is 0.347. The maximum absolute atomic E-state index is 12.0. The second kappa shape index (κ2) is 9.40. The van der Waals surface area contributed by atoms with Gasteiger partial charge >= 0.3 is 5.97 Å². The summed E-state index contributed by atoms with van der Waals surface area (Å²) in [6.45, 7) is 5.92. The molecule has 6 heteroatoms. The molecule has 0 heterocycles. The van der Waals surface area contributed by atoms with Crippen LogP contribution < -0.4 is 15.4 Å². The third-order valence-corrected chi connectivity index (χ3v) is 2.72. The lowest BCUT2D eigenvalue weighted by Gasteiger charge is -2.07. The monoisotopic (exact) mass is 318 g/mol. The summed E-state index contributed by atoms with van der Waals surface area (Å²) in [6, 6.07) is 6.40. The number of benzene rings is 1. The molecule has 0 fully saturated rings. The Morgan fingerprint density at radius 3 is 2.43 bits per heavy atom. The number of hydrogen-bond acceptors (Lipinski definition) is 4. The first-order chi connectivity index (χ1) is 10.9. The van der Waals surface area contributed by atoms with Gasteiger partial charge in [-0.1, -0.05) is 11.6 Å². The van der Waals surface area contributed by atoms with Gasteiger partial charge in [0.2, 0.25) is 5.91 Å². The highest BCUT2D eigenvalue weighted by atomic mass is 16.5. The van der Waals surface area contributed by atoms with Gasteiger partial charge in [0.25, 0.3) is 5.91 Å². The van der Waals surface area contributed by atoms with E-state index in [0.717, 1.165) is 5.57 Å². The molecule has 0 unspecified atom stereocenters. The Hall–Kier alpha value is -2.63. The minimum absolute atomic E-state index is 0.134. The molecule has 0 saturated heterocycles. The molecule has 0 aliphatic rings. The van der Waals surface area contributed by atoms with Gasteiger partial charge in [0.15, 0.2) is 0 Å². The number of esters is 1. The third kappa shape index (κ3) is 7.80. The molecule has 0 aliphatic carbocycles. The van der Waals surface area contributed by atoms with Crippen LogP contribution in [0.5, 0.6) is 5.75 Å². The highest BCUT2D eigenvalue weighted by molar-refractivity contribution is 5.94. The van der Waals surface area contributed by atoms with Gasteiger partial charge in [0.1, 0.15) is 5.75 Å². The summed E-state index contributed by atoms with van der Waals surface area (Å²) in [6.07, 6.45) is 2.15. The maximum atomic E-state index is 12.0. The maximum Gasteiger partial charge on any atom is 0.308 e. The van der Waals surface area contributed by atoms with Crippen LogP contribution in [0.25, 0.3) is 0 Å². The van der Waals surface area contributed by atoms with Gasteiger partial charge in [0, 0.05) is 31.7 Å². The topological polar surface area (TPSA) is 84.5 Å². The van der Waals surface area contributed by atoms with Crippen molar-refractivity contribution in [3.8, 4) is 5.75 Å². The predicted molar refractivity (Wildman–Crippen MR) is 87.1 cm³/mol. The van der Waals surface area contributed by atoms with E-state index in [1.165, 1.54) is 19.1 Å². The van der Waals surface area contributed by atoms with E-state index < -0.39 is 5.97 Å². The van der Waals surface area contributed by atoms with E-state index in [-0.39, 0.29) is 11.8 Å². The molecule has 2 amide bonds. The fourth-order valence-electron chi connectivity index (χ4n) is 1.78. The van der Waals surface area contributed by atoms with Crippen LogP contribution in [0.2, 0.25) is 0 Å². The van der Waals surface area contributed by atoms with Crippen molar-refractivity contribution in [3.63, 3.8) is 0 Å². The number of amides is 2. The molecule has 0 bridgehead atoms. The molecule has 0 spiro atoms. The molecule has 1 rings (SSSR count). The Morgan fingerprint density at radius 2 is 1.78 bits per heavy atom. The standard InChI is InChI=1S/C17H22N2O4/c1-12(2)10-16(21)18-8-5-9-19-17(22)14-6-4-7-15(11-14)23-13(3)20/h4,6-7,10-11H,5,8-9H2,1-3H3,(H,18,21)(H,19,22). The van der Waals surface area contributed by atoms with Gasteiger partial charge in [-0.15, -0.1) is 0 Å². The lowest BCUT2D eigenvalue weighted by Crippen LogP contribution is -2.29. The lowest BCUT2D eigenvalue weighted by molar-refractivity contribution is -0.131. The SMILES string of the molecule is CC(=O)Oc1cccc(C(=O)NCCCNC(=O)C=C(C)C)c1. The average Bonchev–Trinajstić information content (AvgIpc) is 2.45. The molecule has 0 saturated carbocycles. The van der Waals surface area contributed by atoms with Crippen LogP contribution >= 0.6 is 0 Å².